The van der Waals surface area contributed by atoms with Crippen LogP contribution in [0, 0.1) is 5.82 Å². The summed E-state index contributed by atoms with van der Waals surface area (Å²) in [6.45, 7) is 2.58. The summed E-state index contributed by atoms with van der Waals surface area (Å²) in [7, 11) is -3.53. The number of carbonyl (C=O) groups excluding carboxylic acids is 1. The first-order chi connectivity index (χ1) is 14.9. The summed E-state index contributed by atoms with van der Waals surface area (Å²) in [5.74, 6) is 0.254. The summed E-state index contributed by atoms with van der Waals surface area (Å²) < 4.78 is 50.1. The summed E-state index contributed by atoms with van der Waals surface area (Å²) in [6, 6.07) is 11.9. The van der Waals surface area contributed by atoms with E-state index in [1.54, 1.807) is 36.4 Å². The van der Waals surface area contributed by atoms with Gasteiger partial charge in [0.1, 0.15) is 11.6 Å². The van der Waals surface area contributed by atoms with Crippen molar-refractivity contribution in [1.29, 1.82) is 0 Å². The van der Waals surface area contributed by atoms with Crippen LogP contribution in [-0.4, -0.2) is 58.2 Å². The fourth-order valence-electron chi connectivity index (χ4n) is 2.96. The van der Waals surface area contributed by atoms with E-state index in [0.29, 0.717) is 51.6 Å². The van der Waals surface area contributed by atoms with Gasteiger partial charge in [-0.05, 0) is 48.4 Å². The number of nitrogens with one attached hydrogen (secondary N) is 2. The Morgan fingerprint density at radius 2 is 1.71 bits per heavy atom. The van der Waals surface area contributed by atoms with Crippen LogP contribution in [-0.2, 0) is 21.3 Å². The molecule has 1 aliphatic heterocycles. The van der Waals surface area contributed by atoms with Crippen molar-refractivity contribution in [2.75, 3.05) is 39.5 Å². The SMILES string of the molecule is O=C(NCCCOc1ccc(F)cc1)NCc1ccc(S(=O)(=O)N2CCOCC2)cc1. The van der Waals surface area contributed by atoms with Crippen molar-refractivity contribution >= 4 is 16.1 Å². The van der Waals surface area contributed by atoms with Gasteiger partial charge in [-0.1, -0.05) is 12.1 Å². The topological polar surface area (TPSA) is 97.0 Å². The maximum Gasteiger partial charge on any atom is 0.315 e. The summed E-state index contributed by atoms with van der Waals surface area (Å²) in [6.07, 6.45) is 0.596. The molecule has 1 fully saturated rings. The molecule has 1 aliphatic rings. The van der Waals surface area contributed by atoms with Crippen LogP contribution in [0.5, 0.6) is 5.75 Å². The first-order valence-corrected chi connectivity index (χ1v) is 11.5. The van der Waals surface area contributed by atoms with Gasteiger partial charge in [-0.2, -0.15) is 4.31 Å². The number of rotatable bonds is 9. The van der Waals surface area contributed by atoms with Crippen LogP contribution in [0.2, 0.25) is 0 Å². The smallest absolute Gasteiger partial charge is 0.315 e. The molecule has 2 N–H and O–H groups in total. The minimum Gasteiger partial charge on any atom is -0.494 e. The molecule has 0 radical (unpaired) electrons. The highest BCUT2D eigenvalue weighted by molar-refractivity contribution is 7.89. The quantitative estimate of drug-likeness (QED) is 0.570. The molecule has 1 saturated heterocycles. The second kappa shape index (κ2) is 11.1. The number of halogens is 1. The normalized spacial score (nSPS) is 14.7. The third-order valence-corrected chi connectivity index (χ3v) is 6.59. The predicted molar refractivity (Wildman–Crippen MR) is 113 cm³/mol. The van der Waals surface area contributed by atoms with E-state index in [1.165, 1.54) is 16.4 Å². The van der Waals surface area contributed by atoms with Crippen molar-refractivity contribution in [3.63, 3.8) is 0 Å². The maximum atomic E-state index is 12.8. The molecule has 2 aromatic carbocycles. The van der Waals surface area contributed by atoms with E-state index < -0.39 is 10.0 Å². The number of benzene rings is 2. The minimum atomic E-state index is -3.53. The van der Waals surface area contributed by atoms with Gasteiger partial charge in [0.2, 0.25) is 10.0 Å². The minimum absolute atomic E-state index is 0.226. The molecule has 0 aliphatic carbocycles. The lowest BCUT2D eigenvalue weighted by Gasteiger charge is -2.26. The molecule has 0 aromatic heterocycles. The zero-order valence-corrected chi connectivity index (χ0v) is 17.9. The number of ether oxygens (including phenoxy) is 2. The van der Waals surface area contributed by atoms with Crippen LogP contribution in [0.3, 0.4) is 0 Å². The molecule has 0 spiro atoms. The van der Waals surface area contributed by atoms with Gasteiger partial charge < -0.3 is 20.1 Å². The molecule has 0 atom stereocenters. The molecule has 168 valence electrons. The largest absolute Gasteiger partial charge is 0.494 e. The number of sulfonamides is 1. The summed E-state index contributed by atoms with van der Waals surface area (Å²) in [5.41, 5.74) is 0.788. The fraction of sp³-hybridized carbons (Fsp3) is 0.381. The average Bonchev–Trinajstić information content (AvgIpc) is 2.79. The van der Waals surface area contributed by atoms with E-state index >= 15 is 0 Å². The number of hydrogen-bond acceptors (Lipinski definition) is 5. The van der Waals surface area contributed by atoms with E-state index in [2.05, 4.69) is 10.6 Å². The third-order valence-electron chi connectivity index (χ3n) is 4.67. The highest BCUT2D eigenvalue weighted by Crippen LogP contribution is 2.17. The number of urea groups is 1. The van der Waals surface area contributed by atoms with Crippen molar-refractivity contribution < 1.29 is 27.1 Å². The lowest BCUT2D eigenvalue weighted by Crippen LogP contribution is -2.40. The second-order valence-corrected chi connectivity index (χ2v) is 8.86. The number of morpholine rings is 1. The lowest BCUT2D eigenvalue weighted by atomic mass is 10.2. The van der Waals surface area contributed by atoms with Crippen LogP contribution in [0.15, 0.2) is 53.4 Å². The Hall–Kier alpha value is -2.69. The van der Waals surface area contributed by atoms with Crippen molar-refractivity contribution in [2.45, 2.75) is 17.9 Å². The number of hydrogen-bond donors (Lipinski definition) is 2. The van der Waals surface area contributed by atoms with E-state index in [-0.39, 0.29) is 23.3 Å². The maximum absolute atomic E-state index is 12.8. The van der Waals surface area contributed by atoms with E-state index in [0.717, 1.165) is 5.56 Å². The third kappa shape index (κ3) is 6.91. The Bertz CT molecular complexity index is 946. The van der Waals surface area contributed by atoms with Crippen molar-refractivity contribution in [2.24, 2.45) is 0 Å². The Kier molecular flexibility index (Phi) is 8.21. The van der Waals surface area contributed by atoms with Crippen LogP contribution in [0.1, 0.15) is 12.0 Å². The van der Waals surface area contributed by atoms with Gasteiger partial charge in [0.25, 0.3) is 0 Å². The van der Waals surface area contributed by atoms with Crippen LogP contribution in [0.4, 0.5) is 9.18 Å². The monoisotopic (exact) mass is 451 g/mol. The van der Waals surface area contributed by atoms with Crippen molar-refractivity contribution in [1.82, 2.24) is 14.9 Å². The molecule has 0 bridgehead atoms. The number of carbonyl (C=O) groups is 1. The highest BCUT2D eigenvalue weighted by atomic mass is 32.2. The Balaban J connectivity index is 1.35. The number of nitrogens with zero attached hydrogens (tertiary/aromatic N) is 1. The Labute approximate surface area is 181 Å². The van der Waals surface area contributed by atoms with Crippen LogP contribution in [0.25, 0.3) is 0 Å². The molecule has 2 aromatic rings. The van der Waals surface area contributed by atoms with Crippen LogP contribution >= 0.6 is 0 Å². The first kappa shape index (κ1) is 23.0. The molecular formula is C21H26FN3O5S. The first-order valence-electron chi connectivity index (χ1n) is 10.0. The van der Waals surface area contributed by atoms with Gasteiger partial charge in [-0.15, -0.1) is 0 Å². The zero-order valence-electron chi connectivity index (χ0n) is 17.1. The summed E-state index contributed by atoms with van der Waals surface area (Å²) in [4.78, 5) is 12.1. The standard InChI is InChI=1S/C21H26FN3O5S/c22-18-4-6-19(7-5-18)30-13-1-10-23-21(26)24-16-17-2-8-20(9-3-17)31(27,28)25-11-14-29-15-12-25/h2-9H,1,10-16H2,(H2,23,24,26). The molecule has 10 heteroatoms. The molecule has 0 unspecified atom stereocenters. The van der Waals surface area contributed by atoms with Gasteiger partial charge >= 0.3 is 6.03 Å². The molecule has 8 nitrogen and oxygen atoms in total. The van der Waals surface area contributed by atoms with Gasteiger partial charge in [0.15, 0.2) is 0 Å². The zero-order chi connectivity index (χ0) is 22.1. The van der Waals surface area contributed by atoms with Crippen molar-refractivity contribution in [3.8, 4) is 5.75 Å². The summed E-state index contributed by atoms with van der Waals surface area (Å²) >= 11 is 0. The van der Waals surface area contributed by atoms with Gasteiger partial charge in [-0.25, -0.2) is 17.6 Å². The average molecular weight is 452 g/mol. The van der Waals surface area contributed by atoms with E-state index in [9.17, 15) is 17.6 Å². The molecule has 2 amide bonds. The van der Waals surface area contributed by atoms with Crippen LogP contribution < -0.4 is 15.4 Å². The molecule has 0 saturated carbocycles. The highest BCUT2D eigenvalue weighted by Gasteiger charge is 2.26. The molecule has 1 heterocycles. The lowest BCUT2D eigenvalue weighted by molar-refractivity contribution is 0.0730. The molecule has 31 heavy (non-hydrogen) atoms. The summed E-state index contributed by atoms with van der Waals surface area (Å²) in [5, 5.41) is 5.45. The Morgan fingerprint density at radius 3 is 2.39 bits per heavy atom. The van der Waals surface area contributed by atoms with E-state index in [4.69, 9.17) is 9.47 Å². The molecular weight excluding hydrogens is 425 g/mol. The predicted octanol–water partition coefficient (Wildman–Crippen LogP) is 2.11. The van der Waals surface area contributed by atoms with Gasteiger partial charge in [0, 0.05) is 26.2 Å². The molecule has 3 rings (SSSR count). The van der Waals surface area contributed by atoms with Gasteiger partial charge in [0.05, 0.1) is 24.7 Å². The number of amides is 2. The second-order valence-electron chi connectivity index (χ2n) is 6.93. The van der Waals surface area contributed by atoms with Gasteiger partial charge in [-0.3, -0.25) is 0 Å². The van der Waals surface area contributed by atoms with E-state index in [1.807, 2.05) is 0 Å². The Morgan fingerprint density at radius 1 is 1.03 bits per heavy atom. The van der Waals surface area contributed by atoms with Crippen molar-refractivity contribution in [3.05, 3.63) is 59.9 Å². The fourth-order valence-corrected chi connectivity index (χ4v) is 4.36.